The molecule has 1 atom stereocenters. The van der Waals surface area contributed by atoms with Crippen LogP contribution in [0.3, 0.4) is 0 Å². The Morgan fingerprint density at radius 2 is 2.44 bits per heavy atom. The van der Waals surface area contributed by atoms with Gasteiger partial charge in [0.2, 0.25) is 5.91 Å². The van der Waals surface area contributed by atoms with Gasteiger partial charge < -0.3 is 15.0 Å². The minimum atomic E-state index is -0.498. The van der Waals surface area contributed by atoms with E-state index in [0.29, 0.717) is 13.1 Å². The summed E-state index contributed by atoms with van der Waals surface area (Å²) in [5, 5.41) is 10.5. The van der Waals surface area contributed by atoms with Crippen molar-refractivity contribution in [2.45, 2.75) is 18.9 Å². The largest absolute Gasteiger partial charge is 0.391 e. The van der Waals surface area contributed by atoms with Crippen molar-refractivity contribution in [3.8, 4) is 0 Å². The van der Waals surface area contributed by atoms with Crippen LogP contribution in [0.15, 0.2) is 24.5 Å². The van der Waals surface area contributed by atoms with Gasteiger partial charge in [-0.15, -0.1) is 0 Å². The van der Waals surface area contributed by atoms with E-state index in [1.807, 2.05) is 18.3 Å². The molecule has 1 aliphatic rings. The van der Waals surface area contributed by atoms with E-state index in [-0.39, 0.29) is 12.3 Å². The number of carbonyl (C=O) groups is 1. The Bertz CT molecular complexity index is 578. The number of hydrogen-bond acceptors (Lipinski definition) is 3. The first kappa shape index (κ1) is 11.2. The van der Waals surface area contributed by atoms with E-state index in [1.165, 1.54) is 0 Å². The quantitative estimate of drug-likeness (QED) is 0.836. The number of nitrogens with zero attached hydrogens (tertiary/aromatic N) is 2. The van der Waals surface area contributed by atoms with E-state index in [2.05, 4.69) is 9.97 Å². The smallest absolute Gasteiger partial charge is 0.225 e. The minimum absolute atomic E-state index is 0.0421. The Morgan fingerprint density at radius 3 is 3.22 bits per heavy atom. The molecule has 0 radical (unpaired) electrons. The Hall–Kier alpha value is -1.88. The summed E-state index contributed by atoms with van der Waals surface area (Å²) >= 11 is 0. The van der Waals surface area contributed by atoms with Crippen LogP contribution < -0.4 is 0 Å². The van der Waals surface area contributed by atoms with E-state index in [4.69, 9.17) is 0 Å². The molecule has 0 aromatic carbocycles. The van der Waals surface area contributed by atoms with Gasteiger partial charge in [-0.25, -0.2) is 4.98 Å². The van der Waals surface area contributed by atoms with Gasteiger partial charge in [0.25, 0.3) is 0 Å². The number of H-pyrrole nitrogens is 1. The molecule has 0 spiro atoms. The molecule has 0 aliphatic carbocycles. The van der Waals surface area contributed by atoms with Crippen LogP contribution in [-0.2, 0) is 11.2 Å². The molecule has 1 aliphatic heterocycles. The zero-order valence-corrected chi connectivity index (χ0v) is 9.97. The van der Waals surface area contributed by atoms with Gasteiger partial charge in [0.05, 0.1) is 12.5 Å². The maximum Gasteiger partial charge on any atom is 0.225 e. The third-order valence-electron chi connectivity index (χ3n) is 3.38. The third-order valence-corrected chi connectivity index (χ3v) is 3.38. The van der Waals surface area contributed by atoms with Crippen LogP contribution in [0.5, 0.6) is 0 Å². The summed E-state index contributed by atoms with van der Waals surface area (Å²) in [5.74, 6) is 0.0421. The van der Waals surface area contributed by atoms with Gasteiger partial charge in [-0.3, -0.25) is 4.79 Å². The maximum absolute atomic E-state index is 11.6. The number of β-amino-alcohol motifs (C(OH)–C–C–N with tert-alkyl or cyclic N) is 1. The average molecular weight is 245 g/mol. The number of nitrogens with one attached hydrogen (secondary N) is 1. The van der Waals surface area contributed by atoms with Crippen molar-refractivity contribution >= 4 is 16.9 Å². The molecule has 1 unspecified atom stereocenters. The van der Waals surface area contributed by atoms with Crippen LogP contribution in [0, 0.1) is 0 Å². The molecule has 3 heterocycles. The van der Waals surface area contributed by atoms with Gasteiger partial charge >= 0.3 is 0 Å². The first-order chi connectivity index (χ1) is 8.74. The second-order valence-electron chi connectivity index (χ2n) is 4.66. The molecular weight excluding hydrogens is 230 g/mol. The van der Waals surface area contributed by atoms with Crippen LogP contribution in [0.4, 0.5) is 0 Å². The lowest BCUT2D eigenvalue weighted by atomic mass is 10.1. The lowest BCUT2D eigenvalue weighted by molar-refractivity contribution is -0.127. The highest BCUT2D eigenvalue weighted by Crippen LogP contribution is 2.18. The fraction of sp³-hybridized carbons (Fsp3) is 0.385. The van der Waals surface area contributed by atoms with Crippen LogP contribution in [0.2, 0.25) is 0 Å². The zero-order valence-electron chi connectivity index (χ0n) is 9.97. The molecule has 5 nitrogen and oxygen atoms in total. The van der Waals surface area contributed by atoms with E-state index in [0.717, 1.165) is 23.0 Å². The molecule has 1 amide bonds. The summed E-state index contributed by atoms with van der Waals surface area (Å²) < 4.78 is 0. The van der Waals surface area contributed by atoms with Crippen molar-refractivity contribution in [2.75, 3.05) is 13.1 Å². The van der Waals surface area contributed by atoms with Crippen LogP contribution in [0.1, 0.15) is 12.0 Å². The van der Waals surface area contributed by atoms with E-state index in [1.54, 1.807) is 11.1 Å². The molecule has 3 rings (SSSR count). The topological polar surface area (TPSA) is 69.2 Å². The highest BCUT2D eigenvalue weighted by atomic mass is 16.3. The maximum atomic E-state index is 11.6. The Balaban J connectivity index is 1.72. The number of fused-ring (bicyclic) bond motifs is 1. The van der Waals surface area contributed by atoms with E-state index in [9.17, 15) is 9.90 Å². The van der Waals surface area contributed by atoms with Gasteiger partial charge in [0.1, 0.15) is 5.65 Å². The molecule has 0 bridgehead atoms. The predicted molar refractivity (Wildman–Crippen MR) is 67.0 cm³/mol. The highest BCUT2D eigenvalue weighted by molar-refractivity contribution is 5.80. The first-order valence-corrected chi connectivity index (χ1v) is 6.11. The molecule has 94 valence electrons. The molecule has 1 saturated heterocycles. The molecule has 2 aromatic heterocycles. The number of aromatic amines is 1. The van der Waals surface area contributed by atoms with Crippen LogP contribution >= 0.6 is 0 Å². The van der Waals surface area contributed by atoms with Crippen LogP contribution in [-0.4, -0.2) is 45.1 Å². The normalized spacial score (nSPS) is 19.9. The average Bonchev–Trinajstić information content (AvgIpc) is 2.90. The van der Waals surface area contributed by atoms with Gasteiger partial charge in [-0.2, -0.15) is 0 Å². The summed E-state index contributed by atoms with van der Waals surface area (Å²) in [7, 11) is 0. The summed E-state index contributed by atoms with van der Waals surface area (Å²) in [6.45, 7) is 1.11. The lowest BCUT2D eigenvalue weighted by Gasteiger charge is -2.14. The molecule has 2 aromatic rings. The van der Waals surface area contributed by atoms with Gasteiger partial charge in [-0.05, 0) is 24.1 Å². The molecule has 5 heteroatoms. The Labute approximate surface area is 104 Å². The zero-order chi connectivity index (χ0) is 12.5. The van der Waals surface area contributed by atoms with Crippen molar-refractivity contribution < 1.29 is 9.90 Å². The Morgan fingerprint density at radius 1 is 1.56 bits per heavy atom. The van der Waals surface area contributed by atoms with Crippen LogP contribution in [0.25, 0.3) is 11.0 Å². The second-order valence-corrected chi connectivity index (χ2v) is 4.66. The van der Waals surface area contributed by atoms with E-state index < -0.39 is 6.10 Å². The number of likely N-dealkylation sites (tertiary alicyclic amines) is 1. The molecule has 2 N–H and O–H groups in total. The fourth-order valence-electron chi connectivity index (χ4n) is 2.44. The number of carbonyl (C=O) groups excluding carboxylic acids is 1. The van der Waals surface area contributed by atoms with E-state index >= 15 is 0 Å². The highest BCUT2D eigenvalue weighted by Gasteiger charge is 2.27. The van der Waals surface area contributed by atoms with Crippen molar-refractivity contribution in [1.82, 2.24) is 14.9 Å². The number of amides is 1. The van der Waals surface area contributed by atoms with Crippen molar-refractivity contribution in [2.24, 2.45) is 0 Å². The number of pyridine rings is 1. The SMILES string of the molecule is O=C1CC(O)CN1CCc1c[nH]c2ncccc12. The summed E-state index contributed by atoms with van der Waals surface area (Å²) in [6, 6.07) is 3.93. The van der Waals surface area contributed by atoms with Gasteiger partial charge in [0, 0.05) is 30.9 Å². The van der Waals surface area contributed by atoms with Crippen molar-refractivity contribution in [3.63, 3.8) is 0 Å². The summed E-state index contributed by atoms with van der Waals surface area (Å²) in [6.07, 6.45) is 4.24. The predicted octanol–water partition coefficient (Wildman–Crippen LogP) is 0.699. The number of aliphatic hydroxyl groups is 1. The molecular formula is C13H15N3O2. The standard InChI is InChI=1S/C13H15N3O2/c17-10-6-12(18)16(8-10)5-3-9-7-15-13-11(9)2-1-4-14-13/h1-2,4,7,10,17H,3,5-6,8H2,(H,14,15). The molecule has 1 fully saturated rings. The summed E-state index contributed by atoms with van der Waals surface area (Å²) in [5.41, 5.74) is 2.03. The number of aliphatic hydroxyl groups excluding tert-OH is 1. The summed E-state index contributed by atoms with van der Waals surface area (Å²) in [4.78, 5) is 20.6. The number of aromatic nitrogens is 2. The monoisotopic (exact) mass is 245 g/mol. The van der Waals surface area contributed by atoms with Crippen molar-refractivity contribution in [1.29, 1.82) is 0 Å². The molecule has 18 heavy (non-hydrogen) atoms. The molecule has 0 saturated carbocycles. The second kappa shape index (κ2) is 4.42. The van der Waals surface area contributed by atoms with Gasteiger partial charge in [0.15, 0.2) is 0 Å². The third kappa shape index (κ3) is 1.97. The lowest BCUT2D eigenvalue weighted by Crippen LogP contribution is -2.28. The number of hydrogen-bond donors (Lipinski definition) is 2. The van der Waals surface area contributed by atoms with Gasteiger partial charge in [-0.1, -0.05) is 0 Å². The number of rotatable bonds is 3. The Kier molecular flexibility index (Phi) is 2.76. The fourth-order valence-corrected chi connectivity index (χ4v) is 2.44. The van der Waals surface area contributed by atoms with Crippen molar-refractivity contribution in [3.05, 3.63) is 30.1 Å². The minimum Gasteiger partial charge on any atom is -0.391 e. The first-order valence-electron chi connectivity index (χ1n) is 6.11.